The average Bonchev–Trinajstić information content (AvgIpc) is 2.73. The van der Waals surface area contributed by atoms with Crippen LogP contribution < -0.4 is 15.4 Å². The molecule has 1 atom stereocenters. The number of hydrogen-bond acceptors (Lipinski definition) is 3. The number of hydrogen-bond donors (Lipinski definition) is 1. The largest absolute Gasteiger partial charge is 0.489 e. The molecular formula is C13H12F3N3O3. The molecule has 0 radical (unpaired) electrons. The second kappa shape index (κ2) is 4.79. The fraction of sp³-hybridized carbons (Fsp3) is 0.385. The van der Waals surface area contributed by atoms with Crippen molar-refractivity contribution < 1.29 is 27.5 Å². The highest BCUT2D eigenvalue weighted by molar-refractivity contribution is 5.98. The lowest BCUT2D eigenvalue weighted by Gasteiger charge is -2.31. The summed E-state index contributed by atoms with van der Waals surface area (Å²) in [6, 6.07) is 1.99. The van der Waals surface area contributed by atoms with Crippen molar-refractivity contribution in [3.8, 4) is 5.75 Å². The number of halogens is 3. The number of urea groups is 1. The van der Waals surface area contributed by atoms with Crippen LogP contribution in [0.15, 0.2) is 18.2 Å². The molecule has 1 unspecified atom stereocenters. The summed E-state index contributed by atoms with van der Waals surface area (Å²) in [4.78, 5) is 25.7. The molecule has 1 aromatic rings. The van der Waals surface area contributed by atoms with Gasteiger partial charge in [0.2, 0.25) is 5.91 Å². The molecule has 118 valence electrons. The zero-order chi connectivity index (χ0) is 16.1. The van der Waals surface area contributed by atoms with Gasteiger partial charge in [0, 0.05) is 6.54 Å². The van der Waals surface area contributed by atoms with Gasteiger partial charge in [-0.2, -0.15) is 13.2 Å². The highest BCUT2D eigenvalue weighted by atomic mass is 19.4. The Hall–Kier alpha value is -2.45. The third-order valence-corrected chi connectivity index (χ3v) is 3.60. The number of benzene rings is 1. The predicted octanol–water partition coefficient (Wildman–Crippen LogP) is 1.19. The molecule has 1 saturated heterocycles. The smallest absolute Gasteiger partial charge is 0.416 e. The van der Waals surface area contributed by atoms with Crippen LogP contribution in [0.25, 0.3) is 0 Å². The van der Waals surface area contributed by atoms with Crippen LogP contribution in [-0.4, -0.2) is 42.6 Å². The molecule has 0 bridgehead atoms. The Labute approximate surface area is 123 Å². The summed E-state index contributed by atoms with van der Waals surface area (Å²) in [5.41, 5.74) is 4.26. The van der Waals surface area contributed by atoms with Crippen molar-refractivity contribution in [1.29, 1.82) is 0 Å². The van der Waals surface area contributed by atoms with E-state index in [2.05, 4.69) is 0 Å². The summed E-state index contributed by atoms with van der Waals surface area (Å²) in [5.74, 6) is -0.475. The van der Waals surface area contributed by atoms with Crippen molar-refractivity contribution in [2.75, 3.05) is 24.6 Å². The van der Waals surface area contributed by atoms with Gasteiger partial charge in [-0.25, -0.2) is 4.79 Å². The summed E-state index contributed by atoms with van der Waals surface area (Å²) in [5, 5.41) is 0. The maximum absolute atomic E-state index is 12.8. The van der Waals surface area contributed by atoms with Crippen molar-refractivity contribution in [1.82, 2.24) is 4.90 Å². The van der Waals surface area contributed by atoms with Crippen LogP contribution in [-0.2, 0) is 11.0 Å². The van der Waals surface area contributed by atoms with Crippen molar-refractivity contribution in [3.05, 3.63) is 23.8 Å². The molecule has 3 amide bonds. The van der Waals surface area contributed by atoms with Crippen molar-refractivity contribution in [3.63, 3.8) is 0 Å². The quantitative estimate of drug-likeness (QED) is 0.891. The van der Waals surface area contributed by atoms with E-state index in [0.29, 0.717) is 0 Å². The molecule has 2 aliphatic rings. The van der Waals surface area contributed by atoms with Crippen LogP contribution in [0.2, 0.25) is 0 Å². The van der Waals surface area contributed by atoms with E-state index in [0.717, 1.165) is 12.1 Å². The third kappa shape index (κ3) is 2.32. The van der Waals surface area contributed by atoms with E-state index in [4.69, 9.17) is 10.5 Å². The molecule has 3 rings (SSSR count). The summed E-state index contributed by atoms with van der Waals surface area (Å²) in [7, 11) is 0. The number of nitrogens with two attached hydrogens (primary N) is 1. The lowest BCUT2D eigenvalue weighted by Crippen LogP contribution is -2.42. The Morgan fingerprint density at radius 3 is 2.77 bits per heavy atom. The van der Waals surface area contributed by atoms with E-state index < -0.39 is 29.7 Å². The highest BCUT2D eigenvalue weighted by Gasteiger charge is 2.44. The van der Waals surface area contributed by atoms with E-state index in [1.165, 1.54) is 15.9 Å². The zero-order valence-corrected chi connectivity index (χ0v) is 11.3. The number of ether oxygens (including phenoxy) is 1. The second-order valence-corrected chi connectivity index (χ2v) is 5.14. The minimum Gasteiger partial charge on any atom is -0.489 e. The normalized spacial score (nSPS) is 20.5. The number of carbonyl (C=O) groups is 2. The summed E-state index contributed by atoms with van der Waals surface area (Å²) >= 11 is 0. The Morgan fingerprint density at radius 2 is 2.14 bits per heavy atom. The third-order valence-electron chi connectivity index (χ3n) is 3.60. The van der Waals surface area contributed by atoms with E-state index in [1.54, 1.807) is 0 Å². The molecule has 0 aromatic heterocycles. The number of primary amides is 1. The first-order chi connectivity index (χ1) is 10.3. The maximum atomic E-state index is 12.8. The van der Waals surface area contributed by atoms with Gasteiger partial charge in [-0.15, -0.1) is 0 Å². The van der Waals surface area contributed by atoms with Gasteiger partial charge in [0.05, 0.1) is 17.3 Å². The van der Waals surface area contributed by atoms with Crippen LogP contribution in [0.4, 0.5) is 23.7 Å². The van der Waals surface area contributed by atoms with E-state index >= 15 is 0 Å². The second-order valence-electron chi connectivity index (χ2n) is 5.14. The zero-order valence-electron chi connectivity index (χ0n) is 11.3. The molecule has 0 spiro atoms. The lowest BCUT2D eigenvalue weighted by molar-refractivity contribution is -0.137. The molecule has 6 nitrogen and oxygen atoms in total. The topological polar surface area (TPSA) is 75.9 Å². The van der Waals surface area contributed by atoms with E-state index in [1.807, 2.05) is 0 Å². The van der Waals surface area contributed by atoms with Crippen LogP contribution >= 0.6 is 0 Å². The van der Waals surface area contributed by atoms with E-state index in [-0.39, 0.29) is 31.1 Å². The number of fused-ring (bicyclic) bond motifs is 3. The minimum absolute atomic E-state index is 0.0584. The number of carbonyl (C=O) groups excluding carboxylic acids is 2. The molecule has 0 saturated carbocycles. The number of amides is 3. The molecule has 2 aliphatic heterocycles. The van der Waals surface area contributed by atoms with Crippen LogP contribution in [0, 0.1) is 0 Å². The van der Waals surface area contributed by atoms with Gasteiger partial charge in [-0.1, -0.05) is 0 Å². The monoisotopic (exact) mass is 315 g/mol. The average molecular weight is 315 g/mol. The van der Waals surface area contributed by atoms with Gasteiger partial charge in [0.1, 0.15) is 18.9 Å². The predicted molar refractivity (Wildman–Crippen MR) is 69.4 cm³/mol. The molecule has 0 aliphatic carbocycles. The fourth-order valence-corrected chi connectivity index (χ4v) is 2.66. The number of alkyl halides is 3. The van der Waals surface area contributed by atoms with Crippen molar-refractivity contribution in [2.24, 2.45) is 5.73 Å². The summed E-state index contributed by atoms with van der Waals surface area (Å²) < 4.78 is 43.9. The van der Waals surface area contributed by atoms with Gasteiger partial charge in [0.15, 0.2) is 0 Å². The lowest BCUT2D eigenvalue weighted by atomic mass is 10.1. The van der Waals surface area contributed by atoms with Crippen molar-refractivity contribution >= 4 is 17.6 Å². The van der Waals surface area contributed by atoms with Crippen LogP contribution in [0.1, 0.15) is 5.56 Å². The Balaban J connectivity index is 1.97. The Bertz CT molecular complexity index is 647. The summed E-state index contributed by atoms with van der Waals surface area (Å²) in [6.07, 6.45) is -4.52. The number of rotatable bonds is 2. The van der Waals surface area contributed by atoms with Gasteiger partial charge >= 0.3 is 12.2 Å². The standard InChI is InChI=1S/C13H12F3N3O3/c14-13(15,16)7-1-2-10-9(3-7)19-8(6-22-10)4-18(12(19)21)5-11(17)20/h1-3,8H,4-6H2,(H2,17,20). The molecule has 22 heavy (non-hydrogen) atoms. The molecular weight excluding hydrogens is 303 g/mol. The molecule has 9 heteroatoms. The van der Waals surface area contributed by atoms with Crippen molar-refractivity contribution in [2.45, 2.75) is 12.2 Å². The Morgan fingerprint density at radius 1 is 1.41 bits per heavy atom. The van der Waals surface area contributed by atoms with Gasteiger partial charge in [-0.05, 0) is 18.2 Å². The molecule has 2 heterocycles. The van der Waals surface area contributed by atoms with Crippen LogP contribution in [0.3, 0.4) is 0 Å². The molecule has 1 aromatic carbocycles. The molecule has 1 fully saturated rings. The van der Waals surface area contributed by atoms with Gasteiger partial charge in [0.25, 0.3) is 0 Å². The van der Waals surface area contributed by atoms with Gasteiger partial charge in [-0.3, -0.25) is 9.69 Å². The first kappa shape index (κ1) is 14.5. The number of anilines is 1. The van der Waals surface area contributed by atoms with Gasteiger partial charge < -0.3 is 15.4 Å². The maximum Gasteiger partial charge on any atom is 0.416 e. The minimum atomic E-state index is -4.52. The SMILES string of the molecule is NC(=O)CN1CC2COc3ccc(C(F)(F)F)cc3N2C1=O. The van der Waals surface area contributed by atoms with E-state index in [9.17, 15) is 22.8 Å². The summed E-state index contributed by atoms with van der Waals surface area (Å²) in [6.45, 7) is 0.0525. The highest BCUT2D eigenvalue weighted by Crippen LogP contribution is 2.41. The fourth-order valence-electron chi connectivity index (χ4n) is 2.66. The first-order valence-corrected chi connectivity index (χ1v) is 6.48. The first-order valence-electron chi connectivity index (χ1n) is 6.48. The Kier molecular flexibility index (Phi) is 3.15. The van der Waals surface area contributed by atoms with Crippen LogP contribution in [0.5, 0.6) is 5.75 Å². The molecule has 2 N–H and O–H groups in total. The number of nitrogens with zero attached hydrogens (tertiary/aromatic N) is 2.